The molecule has 32 heavy (non-hydrogen) atoms. The molecule has 0 bridgehead atoms. The molecule has 2 aromatic carbocycles. The molecule has 2 fully saturated rings. The van der Waals surface area contributed by atoms with Gasteiger partial charge >= 0.3 is 6.09 Å². The largest absolute Gasteiger partial charge is 0.443 e. The maximum absolute atomic E-state index is 12.7. The van der Waals surface area contributed by atoms with Crippen LogP contribution >= 0.6 is 11.8 Å². The molecule has 2 aromatic rings. The van der Waals surface area contributed by atoms with E-state index in [0.717, 1.165) is 25.0 Å². The Morgan fingerprint density at radius 2 is 1.81 bits per heavy atom. The summed E-state index contributed by atoms with van der Waals surface area (Å²) in [7, 11) is 0. The summed E-state index contributed by atoms with van der Waals surface area (Å²) >= 11 is 1.67. The van der Waals surface area contributed by atoms with Crippen LogP contribution in [0.25, 0.3) is 6.08 Å². The van der Waals surface area contributed by atoms with Crippen molar-refractivity contribution < 1.29 is 14.3 Å². The summed E-state index contributed by atoms with van der Waals surface area (Å²) in [6, 6.07) is 18.7. The summed E-state index contributed by atoms with van der Waals surface area (Å²) in [5.74, 6) is 0.985. The fourth-order valence-electron chi connectivity index (χ4n) is 5.11. The van der Waals surface area contributed by atoms with Crippen molar-refractivity contribution in [1.29, 1.82) is 0 Å². The number of hydrogen-bond donors (Lipinski definition) is 0. The summed E-state index contributed by atoms with van der Waals surface area (Å²) in [6.45, 7) is 1.41. The van der Waals surface area contributed by atoms with Gasteiger partial charge in [-0.05, 0) is 41.0 Å². The fourth-order valence-corrected chi connectivity index (χ4v) is 5.79. The summed E-state index contributed by atoms with van der Waals surface area (Å²) < 4.78 is 5.71. The number of amides is 2. The van der Waals surface area contributed by atoms with Gasteiger partial charge in [-0.1, -0.05) is 54.6 Å². The lowest BCUT2D eigenvalue weighted by atomic mass is 9.99. The van der Waals surface area contributed by atoms with Crippen molar-refractivity contribution in [3.05, 3.63) is 76.7 Å². The number of fused-ring (bicyclic) bond motifs is 3. The molecule has 2 aliphatic heterocycles. The van der Waals surface area contributed by atoms with Crippen molar-refractivity contribution in [2.45, 2.75) is 43.9 Å². The molecule has 3 aliphatic rings. The van der Waals surface area contributed by atoms with Crippen LogP contribution < -0.4 is 0 Å². The summed E-state index contributed by atoms with van der Waals surface area (Å²) in [5.41, 5.74) is 3.68. The van der Waals surface area contributed by atoms with E-state index < -0.39 is 0 Å². The number of piperidine rings is 1. The zero-order valence-corrected chi connectivity index (χ0v) is 18.9. The third kappa shape index (κ3) is 4.29. The number of likely N-dealkylation sites (tertiary alicyclic amines) is 1. The van der Waals surface area contributed by atoms with E-state index in [0.29, 0.717) is 19.5 Å². The van der Waals surface area contributed by atoms with Crippen molar-refractivity contribution in [2.75, 3.05) is 18.8 Å². The smallest absolute Gasteiger partial charge is 0.411 e. The maximum atomic E-state index is 12.7. The Kier molecular flexibility index (Phi) is 6.21. The van der Waals surface area contributed by atoms with Gasteiger partial charge in [0.2, 0.25) is 5.91 Å². The predicted octanol–water partition coefficient (Wildman–Crippen LogP) is 4.89. The normalized spacial score (nSPS) is 22.8. The highest BCUT2D eigenvalue weighted by molar-refractivity contribution is 8.02. The number of carbonyl (C=O) groups excluding carboxylic acids is 2. The molecule has 0 aromatic heterocycles. The summed E-state index contributed by atoms with van der Waals surface area (Å²) in [4.78, 5) is 29.2. The molecule has 0 N–H and O–H groups in total. The highest BCUT2D eigenvalue weighted by Gasteiger charge is 2.50. The van der Waals surface area contributed by atoms with Gasteiger partial charge in [0.1, 0.15) is 6.10 Å². The predicted molar refractivity (Wildman–Crippen MR) is 127 cm³/mol. The van der Waals surface area contributed by atoms with Gasteiger partial charge in [0.05, 0.1) is 6.04 Å². The first-order valence-electron chi connectivity index (χ1n) is 11.4. The van der Waals surface area contributed by atoms with E-state index in [2.05, 4.69) is 35.7 Å². The van der Waals surface area contributed by atoms with E-state index >= 15 is 0 Å². The molecular formula is C26H28N2O3S. The van der Waals surface area contributed by atoms with Crippen molar-refractivity contribution in [3.63, 3.8) is 0 Å². The average molecular weight is 449 g/mol. The van der Waals surface area contributed by atoms with Crippen LogP contribution in [0.2, 0.25) is 0 Å². The second-order valence-electron chi connectivity index (χ2n) is 8.62. The number of hydrogen-bond acceptors (Lipinski definition) is 4. The molecule has 166 valence electrons. The molecule has 0 saturated carbocycles. The number of nitrogens with zero attached hydrogens (tertiary/aromatic N) is 2. The molecule has 5 nitrogen and oxygen atoms in total. The maximum Gasteiger partial charge on any atom is 0.411 e. The van der Waals surface area contributed by atoms with Crippen LogP contribution in [0.15, 0.2) is 60.0 Å². The zero-order valence-electron chi connectivity index (χ0n) is 18.1. The van der Waals surface area contributed by atoms with Gasteiger partial charge in [-0.25, -0.2) is 4.79 Å². The SMILES string of the molecule is O=C(CCS/C=C\c1ccccc1)N1CCC(N2C(=O)O[C@H]3Cc4ccccc4[C@H]32)CC1. The topological polar surface area (TPSA) is 49.9 Å². The zero-order chi connectivity index (χ0) is 21.9. The lowest BCUT2D eigenvalue weighted by molar-refractivity contribution is -0.132. The van der Waals surface area contributed by atoms with Crippen molar-refractivity contribution >= 4 is 29.8 Å². The van der Waals surface area contributed by atoms with E-state index in [4.69, 9.17) is 4.74 Å². The monoisotopic (exact) mass is 448 g/mol. The van der Waals surface area contributed by atoms with E-state index in [1.54, 1.807) is 11.8 Å². The van der Waals surface area contributed by atoms with Gasteiger partial charge in [0.25, 0.3) is 0 Å². The standard InChI is InChI=1S/C26H28N2O3S/c29-24(13-17-32-16-12-19-6-2-1-3-7-19)27-14-10-21(11-15-27)28-25-22-9-5-4-8-20(22)18-23(25)31-26(28)30/h1-9,12,16,21,23,25H,10-11,13-15,17-18H2/b16-12-/t23-,25+/m0/s1. The van der Waals surface area contributed by atoms with Gasteiger partial charge in [-0.15, -0.1) is 11.8 Å². The van der Waals surface area contributed by atoms with Crippen LogP contribution in [0, 0.1) is 0 Å². The molecule has 1 aliphatic carbocycles. The molecule has 5 rings (SSSR count). The lowest BCUT2D eigenvalue weighted by Crippen LogP contribution is -2.47. The Labute approximate surface area is 193 Å². The Morgan fingerprint density at radius 1 is 1.06 bits per heavy atom. The van der Waals surface area contributed by atoms with Gasteiger partial charge in [-0.3, -0.25) is 9.69 Å². The molecule has 0 radical (unpaired) electrons. The molecule has 0 spiro atoms. The van der Waals surface area contributed by atoms with Crippen molar-refractivity contribution in [1.82, 2.24) is 9.80 Å². The molecule has 6 heteroatoms. The summed E-state index contributed by atoms with van der Waals surface area (Å²) in [5, 5.41) is 2.06. The van der Waals surface area contributed by atoms with Gasteiger partial charge in [0, 0.05) is 37.7 Å². The van der Waals surface area contributed by atoms with Crippen LogP contribution in [0.4, 0.5) is 4.79 Å². The van der Waals surface area contributed by atoms with E-state index in [-0.39, 0.29) is 30.2 Å². The van der Waals surface area contributed by atoms with Gasteiger partial charge < -0.3 is 9.64 Å². The van der Waals surface area contributed by atoms with Crippen LogP contribution in [0.1, 0.15) is 42.0 Å². The Hall–Kier alpha value is -2.73. The first-order chi connectivity index (χ1) is 15.7. The summed E-state index contributed by atoms with van der Waals surface area (Å²) in [6.07, 6.45) is 4.78. The van der Waals surface area contributed by atoms with E-state index in [1.807, 2.05) is 40.1 Å². The minimum absolute atomic E-state index is 0.0266. The molecule has 2 saturated heterocycles. The molecule has 0 unspecified atom stereocenters. The number of thioether (sulfide) groups is 1. The molecule has 2 amide bonds. The molecule has 2 atom stereocenters. The van der Waals surface area contributed by atoms with Crippen LogP contribution in [-0.2, 0) is 16.0 Å². The van der Waals surface area contributed by atoms with Crippen LogP contribution in [0.3, 0.4) is 0 Å². The van der Waals surface area contributed by atoms with Crippen LogP contribution in [-0.4, -0.2) is 52.8 Å². The minimum Gasteiger partial charge on any atom is -0.443 e. The minimum atomic E-state index is -0.194. The fraction of sp³-hybridized carbons (Fsp3) is 0.385. The average Bonchev–Trinajstić information content (AvgIpc) is 3.33. The Morgan fingerprint density at radius 3 is 2.62 bits per heavy atom. The van der Waals surface area contributed by atoms with E-state index in [9.17, 15) is 9.59 Å². The Balaban J connectivity index is 1.11. The lowest BCUT2D eigenvalue weighted by Gasteiger charge is -2.38. The van der Waals surface area contributed by atoms with Crippen molar-refractivity contribution in [2.24, 2.45) is 0 Å². The first-order valence-corrected chi connectivity index (χ1v) is 12.4. The first kappa shape index (κ1) is 21.1. The third-order valence-electron chi connectivity index (χ3n) is 6.71. The number of ether oxygens (including phenoxy) is 1. The van der Waals surface area contributed by atoms with E-state index in [1.165, 1.54) is 16.7 Å². The number of carbonyl (C=O) groups is 2. The van der Waals surface area contributed by atoms with Gasteiger partial charge in [0.15, 0.2) is 0 Å². The Bertz CT molecular complexity index is 1000. The van der Waals surface area contributed by atoms with Crippen molar-refractivity contribution in [3.8, 4) is 0 Å². The molecule has 2 heterocycles. The highest BCUT2D eigenvalue weighted by Crippen LogP contribution is 2.44. The second-order valence-corrected chi connectivity index (χ2v) is 9.64. The number of benzene rings is 2. The highest BCUT2D eigenvalue weighted by atomic mass is 32.2. The quantitative estimate of drug-likeness (QED) is 0.591. The second kappa shape index (κ2) is 9.41. The number of rotatable bonds is 6. The van der Waals surface area contributed by atoms with Gasteiger partial charge in [-0.2, -0.15) is 0 Å². The van der Waals surface area contributed by atoms with Crippen LogP contribution in [0.5, 0.6) is 0 Å². The third-order valence-corrected chi connectivity index (χ3v) is 7.48. The molecular weight excluding hydrogens is 420 g/mol.